The number of ether oxygens (including phenoxy) is 1. The lowest BCUT2D eigenvalue weighted by Gasteiger charge is -2.10. The summed E-state index contributed by atoms with van der Waals surface area (Å²) in [6, 6.07) is 11.5. The van der Waals surface area contributed by atoms with E-state index in [1.807, 2.05) is 43.5 Å². The van der Waals surface area contributed by atoms with E-state index in [0.717, 1.165) is 28.1 Å². The first-order valence-corrected chi connectivity index (χ1v) is 8.49. The fraction of sp³-hybridized carbons (Fsp3) is 0.158. The summed E-state index contributed by atoms with van der Waals surface area (Å²) in [5.74, 6) is 0.788. The van der Waals surface area contributed by atoms with Crippen LogP contribution >= 0.6 is 11.3 Å². The Morgan fingerprint density at radius 1 is 1.17 bits per heavy atom. The smallest absolute Gasteiger partial charge is 0.265 e. The monoisotopic (exact) mass is 338 g/mol. The molecule has 0 saturated carbocycles. The number of aromatic nitrogens is 1. The summed E-state index contributed by atoms with van der Waals surface area (Å²) in [6.45, 7) is 4.51. The highest BCUT2D eigenvalue weighted by Gasteiger charge is 2.11. The number of aryl methyl sites for hydroxylation is 2. The van der Waals surface area contributed by atoms with Gasteiger partial charge in [-0.2, -0.15) is 0 Å². The van der Waals surface area contributed by atoms with Gasteiger partial charge in [-0.3, -0.25) is 9.78 Å². The van der Waals surface area contributed by atoms with Crippen LogP contribution in [-0.2, 0) is 6.61 Å². The van der Waals surface area contributed by atoms with Crippen LogP contribution in [0.3, 0.4) is 0 Å². The first kappa shape index (κ1) is 16.2. The van der Waals surface area contributed by atoms with Crippen LogP contribution in [0.5, 0.6) is 5.75 Å². The van der Waals surface area contributed by atoms with E-state index in [2.05, 4.69) is 10.3 Å². The van der Waals surface area contributed by atoms with Crippen molar-refractivity contribution in [1.82, 2.24) is 4.98 Å². The predicted molar refractivity (Wildman–Crippen MR) is 96.8 cm³/mol. The Bertz CT molecular complexity index is 823. The summed E-state index contributed by atoms with van der Waals surface area (Å²) in [6.07, 6.45) is 3.29. The molecule has 3 rings (SSSR count). The molecule has 1 N–H and O–H groups in total. The number of pyridine rings is 1. The number of rotatable bonds is 5. The number of hydrogen-bond donors (Lipinski definition) is 1. The molecule has 0 saturated heterocycles. The van der Waals surface area contributed by atoms with Gasteiger partial charge in [0.05, 0.1) is 4.88 Å². The van der Waals surface area contributed by atoms with Gasteiger partial charge in [-0.1, -0.05) is 18.2 Å². The Labute approximate surface area is 145 Å². The standard InChI is InChI=1S/C19H18N2O2S/c1-13-4-3-5-14(2)18(13)23-11-15-10-17(24-12-15)19(22)21-16-6-8-20-9-7-16/h3-10,12H,11H2,1-2H3,(H,20,21,22). The minimum atomic E-state index is -0.121. The summed E-state index contributed by atoms with van der Waals surface area (Å²) in [4.78, 5) is 16.8. The molecular weight excluding hydrogens is 320 g/mol. The van der Waals surface area contributed by atoms with E-state index in [1.54, 1.807) is 24.5 Å². The van der Waals surface area contributed by atoms with Crippen molar-refractivity contribution in [3.8, 4) is 5.75 Å². The van der Waals surface area contributed by atoms with Gasteiger partial charge in [-0.15, -0.1) is 11.3 Å². The van der Waals surface area contributed by atoms with Crippen molar-refractivity contribution < 1.29 is 9.53 Å². The number of nitrogens with zero attached hydrogens (tertiary/aromatic N) is 1. The van der Waals surface area contributed by atoms with Crippen LogP contribution in [0.2, 0.25) is 0 Å². The average Bonchev–Trinajstić information content (AvgIpc) is 3.04. The Morgan fingerprint density at radius 2 is 1.88 bits per heavy atom. The lowest BCUT2D eigenvalue weighted by Crippen LogP contribution is -2.10. The number of para-hydroxylation sites is 1. The quantitative estimate of drug-likeness (QED) is 0.740. The predicted octanol–water partition coefficient (Wildman–Crippen LogP) is 4.59. The van der Waals surface area contributed by atoms with Crippen LogP contribution in [0.25, 0.3) is 0 Å². The summed E-state index contributed by atoms with van der Waals surface area (Å²) in [5, 5.41) is 4.81. The maximum absolute atomic E-state index is 12.2. The van der Waals surface area contributed by atoms with Gasteiger partial charge >= 0.3 is 0 Å². The summed E-state index contributed by atoms with van der Waals surface area (Å²) >= 11 is 1.41. The molecule has 0 bridgehead atoms. The number of carbonyl (C=O) groups is 1. The number of amides is 1. The van der Waals surface area contributed by atoms with E-state index in [9.17, 15) is 4.79 Å². The first-order chi connectivity index (χ1) is 11.6. The highest BCUT2D eigenvalue weighted by Crippen LogP contribution is 2.24. The van der Waals surface area contributed by atoms with Gasteiger partial charge < -0.3 is 10.1 Å². The van der Waals surface area contributed by atoms with Gasteiger partial charge in [-0.05, 0) is 48.6 Å². The highest BCUT2D eigenvalue weighted by molar-refractivity contribution is 7.12. The van der Waals surface area contributed by atoms with E-state index in [-0.39, 0.29) is 5.91 Å². The third-order valence-corrected chi connectivity index (χ3v) is 4.59. The zero-order valence-electron chi connectivity index (χ0n) is 13.6. The second-order valence-corrected chi connectivity index (χ2v) is 6.43. The van der Waals surface area contributed by atoms with Crippen LogP contribution in [0.1, 0.15) is 26.4 Å². The number of anilines is 1. The molecule has 5 heteroatoms. The fourth-order valence-corrected chi connectivity index (χ4v) is 3.17. The van der Waals surface area contributed by atoms with E-state index in [4.69, 9.17) is 4.74 Å². The molecule has 0 aliphatic carbocycles. The van der Waals surface area contributed by atoms with E-state index in [1.165, 1.54) is 11.3 Å². The van der Waals surface area contributed by atoms with Crippen LogP contribution in [0, 0.1) is 13.8 Å². The Hall–Kier alpha value is -2.66. The van der Waals surface area contributed by atoms with Crippen molar-refractivity contribution in [1.29, 1.82) is 0 Å². The SMILES string of the molecule is Cc1cccc(C)c1OCc1csc(C(=O)Nc2ccncc2)c1. The van der Waals surface area contributed by atoms with Crippen molar-refractivity contribution in [3.05, 3.63) is 75.7 Å². The van der Waals surface area contributed by atoms with Crippen molar-refractivity contribution in [2.75, 3.05) is 5.32 Å². The second kappa shape index (κ2) is 7.27. The number of hydrogen-bond acceptors (Lipinski definition) is 4. The minimum absolute atomic E-state index is 0.121. The van der Waals surface area contributed by atoms with Gasteiger partial charge in [0.25, 0.3) is 5.91 Å². The largest absolute Gasteiger partial charge is 0.488 e. The lowest BCUT2D eigenvalue weighted by atomic mass is 10.1. The van der Waals surface area contributed by atoms with Crippen molar-refractivity contribution in [2.45, 2.75) is 20.5 Å². The molecule has 122 valence electrons. The number of thiophene rings is 1. The van der Waals surface area contributed by atoms with Gasteiger partial charge in [0, 0.05) is 23.6 Å². The van der Waals surface area contributed by atoms with Crippen LogP contribution in [0.4, 0.5) is 5.69 Å². The number of nitrogens with one attached hydrogen (secondary N) is 1. The third kappa shape index (κ3) is 3.81. The summed E-state index contributed by atoms with van der Waals surface area (Å²) < 4.78 is 5.93. The van der Waals surface area contributed by atoms with E-state index in [0.29, 0.717) is 11.5 Å². The van der Waals surface area contributed by atoms with Crippen LogP contribution < -0.4 is 10.1 Å². The number of benzene rings is 1. The minimum Gasteiger partial charge on any atom is -0.488 e. The van der Waals surface area contributed by atoms with Gasteiger partial charge in [0.2, 0.25) is 0 Å². The Morgan fingerprint density at radius 3 is 2.58 bits per heavy atom. The van der Waals surface area contributed by atoms with Crippen molar-refractivity contribution in [3.63, 3.8) is 0 Å². The average molecular weight is 338 g/mol. The molecule has 0 radical (unpaired) electrons. The van der Waals surface area contributed by atoms with Crippen molar-refractivity contribution >= 4 is 22.9 Å². The molecule has 0 atom stereocenters. The Balaban J connectivity index is 1.64. The lowest BCUT2D eigenvalue weighted by molar-refractivity contribution is 0.103. The molecular formula is C19H18N2O2S. The zero-order chi connectivity index (χ0) is 16.9. The molecule has 0 spiro atoms. The van der Waals surface area contributed by atoms with Gasteiger partial charge in [0.1, 0.15) is 12.4 Å². The molecule has 0 fully saturated rings. The molecule has 1 amide bonds. The summed E-state index contributed by atoms with van der Waals surface area (Å²) in [7, 11) is 0. The fourth-order valence-electron chi connectivity index (χ4n) is 2.38. The molecule has 2 aromatic heterocycles. The molecule has 0 unspecified atom stereocenters. The second-order valence-electron chi connectivity index (χ2n) is 5.52. The summed E-state index contributed by atoms with van der Waals surface area (Å²) in [5.41, 5.74) is 3.95. The molecule has 4 nitrogen and oxygen atoms in total. The third-order valence-electron chi connectivity index (χ3n) is 3.61. The highest BCUT2D eigenvalue weighted by atomic mass is 32.1. The van der Waals surface area contributed by atoms with Gasteiger partial charge in [0.15, 0.2) is 0 Å². The molecule has 24 heavy (non-hydrogen) atoms. The Kier molecular flexibility index (Phi) is 4.91. The molecule has 0 aliphatic rings. The zero-order valence-corrected chi connectivity index (χ0v) is 14.4. The van der Waals surface area contributed by atoms with E-state index >= 15 is 0 Å². The topological polar surface area (TPSA) is 51.2 Å². The normalized spacial score (nSPS) is 10.4. The first-order valence-electron chi connectivity index (χ1n) is 7.61. The molecule has 2 heterocycles. The maximum atomic E-state index is 12.2. The maximum Gasteiger partial charge on any atom is 0.265 e. The molecule has 1 aromatic carbocycles. The molecule has 0 aliphatic heterocycles. The van der Waals surface area contributed by atoms with E-state index < -0.39 is 0 Å². The van der Waals surface area contributed by atoms with Gasteiger partial charge in [-0.25, -0.2) is 0 Å². The van der Waals surface area contributed by atoms with Crippen molar-refractivity contribution in [2.24, 2.45) is 0 Å². The number of carbonyl (C=O) groups excluding carboxylic acids is 1. The molecule has 3 aromatic rings. The van der Waals surface area contributed by atoms with Crippen LogP contribution in [0.15, 0.2) is 54.2 Å². The van der Waals surface area contributed by atoms with Crippen LogP contribution in [-0.4, -0.2) is 10.9 Å².